The van der Waals surface area contributed by atoms with E-state index in [0.29, 0.717) is 22.3 Å². The highest BCUT2D eigenvalue weighted by Gasteiger charge is 2.04. The lowest BCUT2D eigenvalue weighted by Crippen LogP contribution is -1.86. The van der Waals surface area contributed by atoms with Crippen LogP contribution in [0.1, 0.15) is 0 Å². The van der Waals surface area contributed by atoms with E-state index in [2.05, 4.69) is 5.32 Å². The van der Waals surface area contributed by atoms with Crippen molar-refractivity contribution in [3.8, 4) is 6.19 Å². The van der Waals surface area contributed by atoms with Crippen molar-refractivity contribution in [2.45, 2.75) is 10.7 Å². The monoisotopic (exact) mass is 200 g/mol. The van der Waals surface area contributed by atoms with Crippen LogP contribution >= 0.6 is 11.8 Å². The summed E-state index contributed by atoms with van der Waals surface area (Å²) in [5.74, 6) is -2.41. The Morgan fingerprint density at radius 1 is 1.31 bits per heavy atom. The largest absolute Gasteiger partial charge is 0.293 e. The highest BCUT2D eigenvalue weighted by Crippen LogP contribution is 2.25. The minimum absolute atomic E-state index is 0.481. The Morgan fingerprint density at radius 3 is 2.38 bits per heavy atom. The summed E-state index contributed by atoms with van der Waals surface area (Å²) in [6.45, 7) is 0. The van der Waals surface area contributed by atoms with Crippen LogP contribution in [0.25, 0.3) is 0 Å². The van der Waals surface area contributed by atoms with Gasteiger partial charge in [-0.15, -0.1) is 0 Å². The lowest BCUT2D eigenvalue weighted by atomic mass is 10.3. The molecule has 0 fully saturated rings. The van der Waals surface area contributed by atoms with Gasteiger partial charge in [0.15, 0.2) is 6.19 Å². The number of thioether (sulfide) groups is 1. The Balaban J connectivity index is 2.65. The molecule has 68 valence electrons. The Kier molecular flexibility index (Phi) is 3.53. The zero-order valence-corrected chi connectivity index (χ0v) is 7.31. The van der Waals surface area contributed by atoms with Crippen molar-refractivity contribution < 1.29 is 8.78 Å². The van der Waals surface area contributed by atoms with Gasteiger partial charge < -0.3 is 0 Å². The van der Waals surface area contributed by atoms with Gasteiger partial charge >= 0.3 is 0 Å². The van der Waals surface area contributed by atoms with Crippen molar-refractivity contribution in [3.05, 3.63) is 24.3 Å². The molecule has 0 aliphatic rings. The van der Waals surface area contributed by atoms with Crippen molar-refractivity contribution in [2.75, 3.05) is 5.32 Å². The summed E-state index contributed by atoms with van der Waals surface area (Å²) >= 11 is 0.481. The zero-order valence-electron chi connectivity index (χ0n) is 6.50. The van der Waals surface area contributed by atoms with Crippen LogP contribution in [-0.4, -0.2) is 5.76 Å². The highest BCUT2D eigenvalue weighted by atomic mass is 32.2. The zero-order chi connectivity index (χ0) is 9.68. The van der Waals surface area contributed by atoms with E-state index in [-0.39, 0.29) is 0 Å². The molecule has 1 aromatic rings. The van der Waals surface area contributed by atoms with Crippen molar-refractivity contribution in [1.29, 1.82) is 5.26 Å². The molecule has 13 heavy (non-hydrogen) atoms. The topological polar surface area (TPSA) is 35.8 Å². The molecule has 0 radical (unpaired) electrons. The lowest BCUT2D eigenvalue weighted by molar-refractivity contribution is 0.252. The molecule has 1 N–H and O–H groups in total. The number of anilines is 1. The van der Waals surface area contributed by atoms with Crippen LogP contribution < -0.4 is 5.32 Å². The molecule has 1 rings (SSSR count). The first-order valence-electron chi connectivity index (χ1n) is 3.42. The second-order valence-corrected chi connectivity index (χ2v) is 3.20. The molecule has 1 aromatic carbocycles. The number of halogens is 2. The quantitative estimate of drug-likeness (QED) is 0.463. The third kappa shape index (κ3) is 3.30. The van der Waals surface area contributed by atoms with E-state index >= 15 is 0 Å². The molecule has 0 spiro atoms. The molecule has 0 heterocycles. The van der Waals surface area contributed by atoms with Gasteiger partial charge in [-0.3, -0.25) is 5.32 Å². The van der Waals surface area contributed by atoms with E-state index in [1.807, 2.05) is 0 Å². The Bertz CT molecular complexity index is 305. The number of nitrogens with zero attached hydrogens (tertiary/aromatic N) is 1. The average Bonchev–Trinajstić information content (AvgIpc) is 2.08. The molecule has 0 saturated heterocycles. The van der Waals surface area contributed by atoms with Crippen molar-refractivity contribution in [2.24, 2.45) is 0 Å². The van der Waals surface area contributed by atoms with E-state index in [9.17, 15) is 8.78 Å². The number of rotatable bonds is 3. The van der Waals surface area contributed by atoms with Crippen LogP contribution in [0.2, 0.25) is 0 Å². The van der Waals surface area contributed by atoms with E-state index in [1.54, 1.807) is 18.3 Å². The maximum Gasteiger partial charge on any atom is 0.288 e. The summed E-state index contributed by atoms with van der Waals surface area (Å²) in [5, 5.41) is 10.6. The summed E-state index contributed by atoms with van der Waals surface area (Å²) in [6, 6.07) is 6.23. The molecular formula is C8H6F2N2S. The molecule has 0 bridgehead atoms. The summed E-state index contributed by atoms with van der Waals surface area (Å²) in [5.41, 5.74) is 0.598. The van der Waals surface area contributed by atoms with Gasteiger partial charge in [-0.25, -0.2) is 0 Å². The number of alkyl halides is 2. The van der Waals surface area contributed by atoms with E-state index < -0.39 is 5.76 Å². The lowest BCUT2D eigenvalue weighted by Gasteiger charge is -2.00. The molecule has 0 saturated carbocycles. The van der Waals surface area contributed by atoms with Crippen molar-refractivity contribution in [1.82, 2.24) is 0 Å². The number of benzene rings is 1. The van der Waals surface area contributed by atoms with E-state index in [0.717, 1.165) is 0 Å². The first-order chi connectivity index (χ1) is 6.22. The van der Waals surface area contributed by atoms with Gasteiger partial charge in [0.05, 0.1) is 0 Å². The van der Waals surface area contributed by atoms with Crippen LogP contribution in [0.3, 0.4) is 0 Å². The Hall–Kier alpha value is -1.28. The molecular weight excluding hydrogens is 194 g/mol. The first kappa shape index (κ1) is 9.81. The third-order valence-electron chi connectivity index (χ3n) is 1.28. The van der Waals surface area contributed by atoms with Crippen molar-refractivity contribution in [3.63, 3.8) is 0 Å². The van der Waals surface area contributed by atoms with Gasteiger partial charge in [-0.2, -0.15) is 14.0 Å². The molecule has 0 aliphatic carbocycles. The van der Waals surface area contributed by atoms with Gasteiger partial charge in [0.2, 0.25) is 0 Å². The molecule has 0 aromatic heterocycles. The SMILES string of the molecule is N#CNc1ccc(SC(F)F)cc1. The second-order valence-electron chi connectivity index (χ2n) is 2.14. The van der Waals surface area contributed by atoms with Gasteiger partial charge in [-0.1, -0.05) is 11.8 Å². The predicted octanol–water partition coefficient (Wildman–Crippen LogP) is 2.89. The minimum Gasteiger partial charge on any atom is -0.293 e. The number of nitrogens with one attached hydrogen (secondary N) is 1. The molecule has 5 heteroatoms. The molecule has 0 atom stereocenters. The molecule has 0 amide bonds. The number of nitriles is 1. The summed E-state index contributed by atoms with van der Waals surface area (Å²) in [6.07, 6.45) is 1.74. The number of hydrogen-bond acceptors (Lipinski definition) is 3. The summed E-state index contributed by atoms with van der Waals surface area (Å²) in [7, 11) is 0. The van der Waals surface area contributed by atoms with Gasteiger partial charge in [0, 0.05) is 10.6 Å². The smallest absolute Gasteiger partial charge is 0.288 e. The van der Waals surface area contributed by atoms with Crippen molar-refractivity contribution >= 4 is 17.4 Å². The van der Waals surface area contributed by atoms with Crippen LogP contribution in [-0.2, 0) is 0 Å². The standard InChI is InChI=1S/C8H6F2N2S/c9-8(10)13-7-3-1-6(2-4-7)12-5-11/h1-4,8,12H. The fourth-order valence-corrected chi connectivity index (χ4v) is 1.28. The van der Waals surface area contributed by atoms with Crippen LogP contribution in [0.15, 0.2) is 29.2 Å². The summed E-state index contributed by atoms with van der Waals surface area (Å²) < 4.78 is 23.7. The molecule has 0 aliphatic heterocycles. The van der Waals surface area contributed by atoms with Crippen LogP contribution in [0.5, 0.6) is 0 Å². The van der Waals surface area contributed by atoms with Crippen LogP contribution in [0, 0.1) is 11.5 Å². The average molecular weight is 200 g/mol. The van der Waals surface area contributed by atoms with Crippen LogP contribution in [0.4, 0.5) is 14.5 Å². The first-order valence-corrected chi connectivity index (χ1v) is 4.30. The van der Waals surface area contributed by atoms with E-state index in [1.165, 1.54) is 12.1 Å². The normalized spacial score (nSPS) is 9.69. The number of hydrogen-bond donors (Lipinski definition) is 1. The maximum absolute atomic E-state index is 11.9. The fourth-order valence-electron chi connectivity index (χ4n) is 0.784. The van der Waals surface area contributed by atoms with E-state index in [4.69, 9.17) is 5.26 Å². The third-order valence-corrected chi connectivity index (χ3v) is 2.00. The molecule has 2 nitrogen and oxygen atoms in total. The molecule has 0 unspecified atom stereocenters. The maximum atomic E-state index is 11.9. The minimum atomic E-state index is -2.41. The summed E-state index contributed by atoms with van der Waals surface area (Å²) in [4.78, 5) is 0.485. The second kappa shape index (κ2) is 4.67. The fraction of sp³-hybridized carbons (Fsp3) is 0.125. The highest BCUT2D eigenvalue weighted by molar-refractivity contribution is 7.99. The Morgan fingerprint density at radius 2 is 1.92 bits per heavy atom. The van der Waals surface area contributed by atoms with Gasteiger partial charge in [-0.05, 0) is 24.3 Å². The predicted molar refractivity (Wildman–Crippen MR) is 47.5 cm³/mol. The van der Waals surface area contributed by atoms with Gasteiger partial charge in [0.1, 0.15) is 0 Å². The Labute approximate surface area is 78.6 Å². The van der Waals surface area contributed by atoms with Gasteiger partial charge in [0.25, 0.3) is 5.76 Å².